The molecule has 0 spiro atoms. The summed E-state index contributed by atoms with van der Waals surface area (Å²) >= 11 is 0. The van der Waals surface area contributed by atoms with Crippen molar-refractivity contribution in [3.8, 4) is 0 Å². The molecule has 0 saturated carbocycles. The van der Waals surface area contributed by atoms with Crippen LogP contribution in [0.3, 0.4) is 0 Å². The van der Waals surface area contributed by atoms with Crippen LogP contribution in [0.2, 0.25) is 0 Å². The van der Waals surface area contributed by atoms with Crippen molar-refractivity contribution in [2.75, 3.05) is 12.4 Å². The van der Waals surface area contributed by atoms with E-state index in [2.05, 4.69) is 10.7 Å². The molecule has 3 amide bonds. The van der Waals surface area contributed by atoms with Crippen molar-refractivity contribution in [3.05, 3.63) is 65.2 Å². The van der Waals surface area contributed by atoms with Gasteiger partial charge in [0.1, 0.15) is 0 Å². The summed E-state index contributed by atoms with van der Waals surface area (Å²) in [7, 11) is 1.22. The maximum atomic E-state index is 12.7. The molecule has 0 heterocycles. The molecule has 6 nitrogen and oxygen atoms in total. The SMILES string of the molecule is CC(=O)c1ccccc1C(=O)NN(C)C(=O)Nc1cccc(C(F)(F)F)c1. The number of halogens is 3. The molecule has 0 radical (unpaired) electrons. The summed E-state index contributed by atoms with van der Waals surface area (Å²) in [6.45, 7) is 1.30. The minimum atomic E-state index is -4.54. The number of hydrazine groups is 1. The zero-order chi connectivity index (χ0) is 20.2. The minimum absolute atomic E-state index is 0.0729. The van der Waals surface area contributed by atoms with Crippen molar-refractivity contribution in [1.82, 2.24) is 10.4 Å². The average Bonchev–Trinajstić information content (AvgIpc) is 2.61. The smallest absolute Gasteiger partial charge is 0.306 e. The van der Waals surface area contributed by atoms with Gasteiger partial charge >= 0.3 is 12.2 Å². The van der Waals surface area contributed by atoms with Gasteiger partial charge in [-0.05, 0) is 31.2 Å². The first-order valence-electron chi connectivity index (χ1n) is 7.72. The Kier molecular flexibility index (Phi) is 5.84. The van der Waals surface area contributed by atoms with Gasteiger partial charge in [0.2, 0.25) is 0 Å². The van der Waals surface area contributed by atoms with Crippen LogP contribution < -0.4 is 10.7 Å². The number of carbonyl (C=O) groups excluding carboxylic acids is 3. The fourth-order valence-electron chi connectivity index (χ4n) is 2.23. The maximum absolute atomic E-state index is 12.7. The lowest BCUT2D eigenvalue weighted by atomic mass is 10.0. The van der Waals surface area contributed by atoms with Gasteiger partial charge in [-0.1, -0.05) is 24.3 Å². The summed E-state index contributed by atoms with van der Waals surface area (Å²) in [5.41, 5.74) is 1.52. The van der Waals surface area contributed by atoms with Crippen molar-refractivity contribution in [2.45, 2.75) is 13.1 Å². The van der Waals surface area contributed by atoms with E-state index in [0.29, 0.717) is 0 Å². The van der Waals surface area contributed by atoms with Crippen LogP contribution in [0, 0.1) is 0 Å². The van der Waals surface area contributed by atoms with E-state index in [4.69, 9.17) is 0 Å². The number of rotatable bonds is 3. The Labute approximate surface area is 152 Å². The molecule has 0 aliphatic rings. The van der Waals surface area contributed by atoms with Gasteiger partial charge in [-0.2, -0.15) is 13.2 Å². The van der Waals surface area contributed by atoms with Crippen molar-refractivity contribution in [2.24, 2.45) is 0 Å². The fourth-order valence-corrected chi connectivity index (χ4v) is 2.23. The van der Waals surface area contributed by atoms with Crippen molar-refractivity contribution in [3.63, 3.8) is 0 Å². The first-order valence-corrected chi connectivity index (χ1v) is 7.72. The summed E-state index contributed by atoms with van der Waals surface area (Å²) in [6.07, 6.45) is -4.54. The van der Waals surface area contributed by atoms with Crippen LogP contribution in [-0.4, -0.2) is 29.8 Å². The van der Waals surface area contributed by atoms with Crippen LogP contribution in [0.4, 0.5) is 23.7 Å². The number of alkyl halides is 3. The van der Waals surface area contributed by atoms with Crippen LogP contribution >= 0.6 is 0 Å². The maximum Gasteiger partial charge on any atom is 0.416 e. The van der Waals surface area contributed by atoms with E-state index < -0.39 is 23.7 Å². The second kappa shape index (κ2) is 7.90. The minimum Gasteiger partial charge on any atom is -0.306 e. The number of anilines is 1. The monoisotopic (exact) mass is 379 g/mol. The molecule has 9 heteroatoms. The van der Waals surface area contributed by atoms with E-state index in [1.54, 1.807) is 12.1 Å². The highest BCUT2D eigenvalue weighted by molar-refractivity contribution is 6.07. The van der Waals surface area contributed by atoms with E-state index in [-0.39, 0.29) is 22.6 Å². The average molecular weight is 379 g/mol. The molecule has 142 valence electrons. The number of hydrogen-bond donors (Lipinski definition) is 2. The standard InChI is InChI=1S/C18H16F3N3O3/c1-11(25)14-8-3-4-9-15(14)16(26)23-24(2)17(27)22-13-7-5-6-12(10-13)18(19,20)21/h3-10H,1-2H3,(H,22,27)(H,23,26). The summed E-state index contributed by atoms with van der Waals surface area (Å²) in [5.74, 6) is -1.03. The molecule has 27 heavy (non-hydrogen) atoms. The third-order valence-corrected chi connectivity index (χ3v) is 3.57. The zero-order valence-corrected chi connectivity index (χ0v) is 14.4. The summed E-state index contributed by atoms with van der Waals surface area (Å²) in [4.78, 5) is 36.0. The number of benzene rings is 2. The van der Waals surface area contributed by atoms with Crippen LogP contribution in [0.5, 0.6) is 0 Å². The number of hydrogen-bond acceptors (Lipinski definition) is 3. The van der Waals surface area contributed by atoms with Gasteiger partial charge in [0, 0.05) is 18.3 Å². The van der Waals surface area contributed by atoms with Crippen LogP contribution in [-0.2, 0) is 6.18 Å². The first-order chi connectivity index (χ1) is 12.6. The molecule has 0 fully saturated rings. The molecular weight excluding hydrogens is 363 g/mol. The summed E-state index contributed by atoms with van der Waals surface area (Å²) in [5, 5.41) is 3.03. The van der Waals surface area contributed by atoms with Crippen LogP contribution in [0.1, 0.15) is 33.2 Å². The van der Waals surface area contributed by atoms with Crippen molar-refractivity contribution in [1.29, 1.82) is 0 Å². The summed E-state index contributed by atoms with van der Waals surface area (Å²) < 4.78 is 38.2. The predicted octanol–water partition coefficient (Wildman–Crippen LogP) is 3.72. The highest BCUT2D eigenvalue weighted by Crippen LogP contribution is 2.30. The number of urea groups is 1. The highest BCUT2D eigenvalue weighted by Gasteiger charge is 2.30. The predicted molar refractivity (Wildman–Crippen MR) is 92.1 cm³/mol. The lowest BCUT2D eigenvalue weighted by Crippen LogP contribution is -2.45. The lowest BCUT2D eigenvalue weighted by molar-refractivity contribution is -0.137. The van der Waals surface area contributed by atoms with Gasteiger partial charge in [-0.15, -0.1) is 0 Å². The molecule has 2 N–H and O–H groups in total. The second-order valence-electron chi connectivity index (χ2n) is 5.61. The van der Waals surface area contributed by atoms with Gasteiger partial charge in [-0.3, -0.25) is 15.0 Å². The first kappa shape index (κ1) is 20.0. The fraction of sp³-hybridized carbons (Fsp3) is 0.167. The molecule has 0 aliphatic heterocycles. The van der Waals surface area contributed by atoms with Gasteiger partial charge < -0.3 is 5.32 Å². The zero-order valence-electron chi connectivity index (χ0n) is 14.4. The van der Waals surface area contributed by atoms with Crippen LogP contribution in [0.25, 0.3) is 0 Å². The Morgan fingerprint density at radius 3 is 2.19 bits per heavy atom. The molecule has 0 aliphatic carbocycles. The van der Waals surface area contributed by atoms with Gasteiger partial charge in [0.25, 0.3) is 5.91 Å². The molecule has 0 aromatic heterocycles. The number of nitrogens with zero attached hydrogens (tertiary/aromatic N) is 1. The Morgan fingerprint density at radius 1 is 0.963 bits per heavy atom. The lowest BCUT2D eigenvalue weighted by Gasteiger charge is -2.20. The Balaban J connectivity index is 2.08. The molecule has 0 bridgehead atoms. The van der Waals surface area contributed by atoms with Gasteiger partial charge in [0.05, 0.1) is 11.1 Å². The number of Topliss-reactive ketones (excluding diaryl/α,β-unsaturated/α-hetero) is 1. The quantitative estimate of drug-likeness (QED) is 0.630. The number of nitrogens with one attached hydrogen (secondary N) is 2. The molecule has 0 saturated heterocycles. The molecule has 2 rings (SSSR count). The topological polar surface area (TPSA) is 78.5 Å². The molecule has 0 unspecified atom stereocenters. The largest absolute Gasteiger partial charge is 0.416 e. The Bertz CT molecular complexity index is 881. The molecular formula is C18H16F3N3O3. The number of carbonyl (C=O) groups is 3. The van der Waals surface area contributed by atoms with Gasteiger partial charge in [-0.25, -0.2) is 9.80 Å². The molecule has 2 aromatic carbocycles. The second-order valence-corrected chi connectivity index (χ2v) is 5.61. The number of amides is 3. The van der Waals surface area contributed by atoms with E-state index in [1.807, 2.05) is 0 Å². The van der Waals surface area contributed by atoms with Crippen molar-refractivity contribution >= 4 is 23.4 Å². The highest BCUT2D eigenvalue weighted by atomic mass is 19.4. The van der Waals surface area contributed by atoms with Crippen molar-refractivity contribution < 1.29 is 27.6 Å². The van der Waals surface area contributed by atoms with E-state index in [9.17, 15) is 27.6 Å². The van der Waals surface area contributed by atoms with E-state index >= 15 is 0 Å². The third kappa shape index (κ3) is 5.06. The Hall–Kier alpha value is -3.36. The van der Waals surface area contributed by atoms with Gasteiger partial charge in [0.15, 0.2) is 5.78 Å². The van der Waals surface area contributed by atoms with E-state index in [0.717, 1.165) is 23.2 Å². The normalized spacial score (nSPS) is 10.9. The molecule has 2 aromatic rings. The third-order valence-electron chi connectivity index (χ3n) is 3.57. The summed E-state index contributed by atoms with van der Waals surface area (Å²) in [6, 6.07) is 9.28. The van der Waals surface area contributed by atoms with Crippen LogP contribution in [0.15, 0.2) is 48.5 Å². The van der Waals surface area contributed by atoms with E-state index in [1.165, 1.54) is 32.2 Å². The number of ketones is 1. The Morgan fingerprint density at radius 2 is 1.59 bits per heavy atom. The molecule has 0 atom stereocenters.